The lowest BCUT2D eigenvalue weighted by atomic mass is 9.69. The second kappa shape index (κ2) is 4.84. The predicted octanol–water partition coefficient (Wildman–Crippen LogP) is 3.22. The molecule has 0 saturated heterocycles. The summed E-state index contributed by atoms with van der Waals surface area (Å²) in [4.78, 5) is 0. The van der Waals surface area contributed by atoms with Crippen LogP contribution in [0.15, 0.2) is 30.5 Å². The molecule has 0 bridgehead atoms. The summed E-state index contributed by atoms with van der Waals surface area (Å²) in [5.41, 5.74) is 6.56. The fourth-order valence-electron chi connectivity index (χ4n) is 4.56. The van der Waals surface area contributed by atoms with E-state index in [1.165, 1.54) is 11.4 Å². The number of hydrazine groups is 1. The number of nitrogens with one attached hydrogen (secondary N) is 1. The molecule has 114 valence electrons. The molecule has 0 radical (unpaired) electrons. The Labute approximate surface area is 128 Å². The Hall–Kier alpha value is -1.35. The number of nitrogens with zero attached hydrogens (tertiary/aromatic N) is 2. The van der Waals surface area contributed by atoms with Crippen molar-refractivity contribution in [2.24, 2.45) is 0 Å². The fourth-order valence-corrected chi connectivity index (χ4v) is 4.56. The van der Waals surface area contributed by atoms with Crippen LogP contribution in [0.1, 0.15) is 59.6 Å². The first-order chi connectivity index (χ1) is 10.0. The minimum atomic E-state index is 0.0755. The second-order valence-corrected chi connectivity index (χ2v) is 6.63. The molecule has 21 heavy (non-hydrogen) atoms. The van der Waals surface area contributed by atoms with E-state index < -0.39 is 0 Å². The Morgan fingerprint density at radius 3 is 2.52 bits per heavy atom. The molecule has 0 fully saturated rings. The Kier molecular flexibility index (Phi) is 3.36. The fraction of sp³-hybridized carbons (Fsp3) is 0.611. The van der Waals surface area contributed by atoms with Crippen LogP contribution in [0.2, 0.25) is 0 Å². The van der Waals surface area contributed by atoms with Crippen LogP contribution in [0.3, 0.4) is 0 Å². The Balaban J connectivity index is 2.32. The van der Waals surface area contributed by atoms with Gasteiger partial charge in [0.05, 0.1) is 0 Å². The van der Waals surface area contributed by atoms with E-state index >= 15 is 0 Å². The van der Waals surface area contributed by atoms with Gasteiger partial charge in [0.1, 0.15) is 11.2 Å². The van der Waals surface area contributed by atoms with Crippen LogP contribution in [0.5, 0.6) is 0 Å². The van der Waals surface area contributed by atoms with Gasteiger partial charge in [0, 0.05) is 31.0 Å². The van der Waals surface area contributed by atoms with E-state index in [4.69, 9.17) is 0 Å². The largest absolute Gasteiger partial charge is 0.289 e. The topological polar surface area (TPSA) is 19.1 Å². The van der Waals surface area contributed by atoms with E-state index in [0.29, 0.717) is 6.04 Å². The molecule has 0 amide bonds. The first kappa shape index (κ1) is 14.6. The van der Waals surface area contributed by atoms with Gasteiger partial charge >= 0.3 is 0 Å². The first-order valence-electron chi connectivity index (χ1n) is 8.33. The number of hydrogen-bond acceptors (Lipinski definition) is 2. The number of pyridine rings is 1. The molecule has 3 rings (SSSR count). The van der Waals surface area contributed by atoms with E-state index in [0.717, 1.165) is 19.3 Å². The second-order valence-electron chi connectivity index (χ2n) is 6.63. The number of fused-ring (bicyclic) bond motifs is 3. The van der Waals surface area contributed by atoms with Crippen molar-refractivity contribution in [3.8, 4) is 0 Å². The van der Waals surface area contributed by atoms with Crippen LogP contribution in [0, 0.1) is 0 Å². The average molecular weight is 286 g/mol. The molecule has 2 aliphatic heterocycles. The summed E-state index contributed by atoms with van der Waals surface area (Å²) >= 11 is 0. The summed E-state index contributed by atoms with van der Waals surface area (Å²) in [7, 11) is 0. The minimum Gasteiger partial charge on any atom is -0.289 e. The third-order valence-electron chi connectivity index (χ3n) is 5.92. The molecule has 1 aromatic rings. The lowest BCUT2D eigenvalue weighted by Gasteiger charge is -2.53. The monoisotopic (exact) mass is 286 g/mol. The highest BCUT2D eigenvalue weighted by molar-refractivity contribution is 5.63. The molecular formula is C18H28N3+. The molecule has 1 aromatic heterocycles. The summed E-state index contributed by atoms with van der Waals surface area (Å²) in [5.74, 6) is 0. The highest BCUT2D eigenvalue weighted by atomic mass is 15.6. The van der Waals surface area contributed by atoms with Gasteiger partial charge in [0.25, 0.3) is 0 Å². The van der Waals surface area contributed by atoms with Crippen LogP contribution in [0.25, 0.3) is 5.70 Å². The summed E-state index contributed by atoms with van der Waals surface area (Å²) in [6, 6.07) is 6.97. The third-order valence-corrected chi connectivity index (χ3v) is 5.92. The van der Waals surface area contributed by atoms with Gasteiger partial charge in [-0.05, 0) is 32.4 Å². The molecule has 0 saturated carbocycles. The molecule has 3 heteroatoms. The van der Waals surface area contributed by atoms with Gasteiger partial charge in [-0.1, -0.05) is 20.8 Å². The summed E-state index contributed by atoms with van der Waals surface area (Å²) in [6.45, 7) is 11.6. The molecular weight excluding hydrogens is 258 g/mol. The van der Waals surface area contributed by atoms with Crippen LogP contribution in [0.4, 0.5) is 0 Å². The van der Waals surface area contributed by atoms with Gasteiger partial charge < -0.3 is 0 Å². The highest BCUT2D eigenvalue weighted by Gasteiger charge is 2.62. The SMILES string of the molecule is CCC1(C)N2NC(C)C=C2c2cccc[n+]2C1(CC)CC. The Morgan fingerprint density at radius 2 is 1.90 bits per heavy atom. The smallest absolute Gasteiger partial charge is 0.230 e. The van der Waals surface area contributed by atoms with Crippen molar-refractivity contribution in [1.82, 2.24) is 10.4 Å². The van der Waals surface area contributed by atoms with Crippen molar-refractivity contribution in [3.05, 3.63) is 36.2 Å². The summed E-state index contributed by atoms with van der Waals surface area (Å²) in [6.07, 6.45) is 8.02. The zero-order chi connectivity index (χ0) is 15.3. The number of aromatic nitrogens is 1. The molecule has 3 heterocycles. The average Bonchev–Trinajstić information content (AvgIpc) is 2.91. The van der Waals surface area contributed by atoms with E-state index in [1.54, 1.807) is 0 Å². The molecule has 2 atom stereocenters. The maximum Gasteiger partial charge on any atom is 0.230 e. The first-order valence-corrected chi connectivity index (χ1v) is 8.33. The molecule has 3 nitrogen and oxygen atoms in total. The molecule has 1 N–H and O–H groups in total. The standard InChI is InChI=1S/C18H28N3/c1-6-17(5)18(7-2,8-3)20-12-10-9-11-15(20)16-13-14(4)19-21(16)17/h9-14,19H,6-8H2,1-5H3/q+1. The minimum absolute atomic E-state index is 0.0755. The Bertz CT molecular complexity index is 574. The van der Waals surface area contributed by atoms with E-state index in [-0.39, 0.29) is 11.1 Å². The van der Waals surface area contributed by atoms with E-state index in [1.807, 2.05) is 0 Å². The molecule has 2 unspecified atom stereocenters. The number of hydrogen-bond donors (Lipinski definition) is 1. The zero-order valence-corrected chi connectivity index (χ0v) is 14.0. The Morgan fingerprint density at radius 1 is 1.19 bits per heavy atom. The van der Waals surface area contributed by atoms with Crippen LogP contribution < -0.4 is 9.99 Å². The lowest BCUT2D eigenvalue weighted by molar-refractivity contribution is -0.786. The van der Waals surface area contributed by atoms with Gasteiger partial charge in [-0.3, -0.25) is 5.01 Å². The van der Waals surface area contributed by atoms with Gasteiger partial charge in [-0.15, -0.1) is 0 Å². The highest BCUT2D eigenvalue weighted by Crippen LogP contribution is 2.47. The molecule has 0 aliphatic carbocycles. The number of rotatable bonds is 3. The van der Waals surface area contributed by atoms with Gasteiger partial charge in [0.15, 0.2) is 11.7 Å². The van der Waals surface area contributed by atoms with Crippen molar-refractivity contribution in [3.63, 3.8) is 0 Å². The van der Waals surface area contributed by atoms with Gasteiger partial charge in [-0.2, -0.15) is 4.57 Å². The van der Waals surface area contributed by atoms with Crippen LogP contribution >= 0.6 is 0 Å². The normalized spacial score (nSPS) is 29.9. The molecule has 0 spiro atoms. The van der Waals surface area contributed by atoms with Crippen molar-refractivity contribution >= 4 is 5.70 Å². The maximum absolute atomic E-state index is 3.69. The summed E-state index contributed by atoms with van der Waals surface area (Å²) < 4.78 is 2.54. The third kappa shape index (κ3) is 1.67. The zero-order valence-electron chi connectivity index (χ0n) is 14.0. The van der Waals surface area contributed by atoms with Crippen molar-refractivity contribution < 1.29 is 4.57 Å². The van der Waals surface area contributed by atoms with E-state index in [2.05, 4.69) is 80.1 Å². The van der Waals surface area contributed by atoms with Gasteiger partial charge in [0.2, 0.25) is 5.69 Å². The van der Waals surface area contributed by atoms with Crippen LogP contribution in [-0.4, -0.2) is 16.6 Å². The maximum atomic E-state index is 3.69. The van der Waals surface area contributed by atoms with E-state index in [9.17, 15) is 0 Å². The van der Waals surface area contributed by atoms with Crippen LogP contribution in [-0.2, 0) is 5.54 Å². The quantitative estimate of drug-likeness (QED) is 0.860. The summed E-state index contributed by atoms with van der Waals surface area (Å²) in [5, 5.41) is 2.46. The van der Waals surface area contributed by atoms with Crippen molar-refractivity contribution in [1.29, 1.82) is 0 Å². The molecule has 2 aliphatic rings. The molecule has 0 aromatic carbocycles. The predicted molar refractivity (Wildman–Crippen MR) is 86.3 cm³/mol. The lowest BCUT2D eigenvalue weighted by Crippen LogP contribution is -2.77. The van der Waals surface area contributed by atoms with Crippen molar-refractivity contribution in [2.75, 3.05) is 0 Å². The van der Waals surface area contributed by atoms with Gasteiger partial charge in [-0.25, -0.2) is 5.43 Å². The van der Waals surface area contributed by atoms with Crippen molar-refractivity contribution in [2.45, 2.75) is 71.0 Å².